The van der Waals surface area contributed by atoms with Gasteiger partial charge >= 0.3 is 6.18 Å². The van der Waals surface area contributed by atoms with Gasteiger partial charge in [0.2, 0.25) is 5.91 Å². The van der Waals surface area contributed by atoms with E-state index in [2.05, 4.69) is 15.6 Å². The van der Waals surface area contributed by atoms with Crippen molar-refractivity contribution in [3.05, 3.63) is 17.7 Å². The lowest BCUT2D eigenvalue weighted by molar-refractivity contribution is -0.137. The molecule has 0 spiro atoms. The van der Waals surface area contributed by atoms with Crippen LogP contribution in [0.4, 0.5) is 24.8 Å². The number of carbonyl (C=O) groups excluding carboxylic acids is 1. The zero-order chi connectivity index (χ0) is 13.8. The van der Waals surface area contributed by atoms with Gasteiger partial charge in [0.25, 0.3) is 0 Å². The molecule has 0 saturated carbocycles. The highest BCUT2D eigenvalue weighted by atomic mass is 19.4. The van der Waals surface area contributed by atoms with Crippen molar-refractivity contribution in [3.8, 4) is 0 Å². The summed E-state index contributed by atoms with van der Waals surface area (Å²) in [5.74, 6) is -0.409. The predicted molar refractivity (Wildman–Crippen MR) is 60.8 cm³/mol. The Morgan fingerprint density at radius 2 is 2.06 bits per heavy atom. The molecule has 1 rings (SSSR count). The molecule has 1 aromatic rings. The van der Waals surface area contributed by atoms with Crippen molar-refractivity contribution in [1.29, 1.82) is 0 Å². The monoisotopic (exact) mass is 262 g/mol. The van der Waals surface area contributed by atoms with Gasteiger partial charge < -0.3 is 16.4 Å². The lowest BCUT2D eigenvalue weighted by atomic mass is 10.2. The molecule has 1 amide bonds. The van der Waals surface area contributed by atoms with Crippen molar-refractivity contribution in [2.75, 3.05) is 24.1 Å². The quantitative estimate of drug-likeness (QED) is 0.713. The molecule has 0 unspecified atom stereocenters. The third-order valence-electron chi connectivity index (χ3n) is 1.98. The van der Waals surface area contributed by atoms with Crippen molar-refractivity contribution in [1.82, 2.24) is 10.3 Å². The first-order valence-electron chi connectivity index (χ1n) is 5.12. The highest BCUT2D eigenvalue weighted by molar-refractivity contribution is 5.72. The van der Waals surface area contributed by atoms with E-state index in [9.17, 15) is 18.0 Å². The molecule has 4 N–H and O–H groups in total. The van der Waals surface area contributed by atoms with E-state index in [1.165, 1.54) is 6.92 Å². The number of halogens is 3. The molecule has 0 fully saturated rings. The summed E-state index contributed by atoms with van der Waals surface area (Å²) in [6, 6.07) is 1.63. The number of carbonyl (C=O) groups is 1. The van der Waals surface area contributed by atoms with E-state index in [0.717, 1.165) is 12.1 Å². The largest absolute Gasteiger partial charge is 0.416 e. The Hall–Kier alpha value is -1.99. The molecule has 0 saturated heterocycles. The molecule has 0 aromatic carbocycles. The molecule has 100 valence electrons. The summed E-state index contributed by atoms with van der Waals surface area (Å²) in [5, 5.41) is 5.14. The second kappa shape index (κ2) is 5.56. The fourth-order valence-electron chi connectivity index (χ4n) is 1.24. The van der Waals surface area contributed by atoms with E-state index in [1.807, 2.05) is 0 Å². The second-order valence-corrected chi connectivity index (χ2v) is 3.57. The molecule has 18 heavy (non-hydrogen) atoms. The molecule has 1 heterocycles. The van der Waals surface area contributed by atoms with E-state index in [0.29, 0.717) is 0 Å². The number of pyridine rings is 1. The number of alkyl halides is 3. The van der Waals surface area contributed by atoms with Crippen LogP contribution in [0.3, 0.4) is 0 Å². The Bertz CT molecular complexity index is 434. The summed E-state index contributed by atoms with van der Waals surface area (Å²) in [5.41, 5.74) is 4.42. The van der Waals surface area contributed by atoms with Gasteiger partial charge in [-0.2, -0.15) is 13.2 Å². The average Bonchev–Trinajstić information content (AvgIpc) is 2.22. The summed E-state index contributed by atoms with van der Waals surface area (Å²) in [6.07, 6.45) is -4.47. The van der Waals surface area contributed by atoms with Gasteiger partial charge in [0.1, 0.15) is 11.6 Å². The Labute approximate surface area is 102 Å². The number of rotatable bonds is 4. The van der Waals surface area contributed by atoms with Gasteiger partial charge in [-0.1, -0.05) is 0 Å². The molecule has 0 aliphatic rings. The van der Waals surface area contributed by atoms with Crippen molar-refractivity contribution in [3.63, 3.8) is 0 Å². The first kappa shape index (κ1) is 14.1. The SMILES string of the molecule is CC(=O)NCCNc1cc(C(F)(F)F)cc(N)n1. The molecule has 0 bridgehead atoms. The average molecular weight is 262 g/mol. The van der Waals surface area contributed by atoms with Gasteiger partial charge in [0, 0.05) is 20.0 Å². The van der Waals surface area contributed by atoms with Gasteiger partial charge in [0.05, 0.1) is 5.56 Å². The van der Waals surface area contributed by atoms with Crippen molar-refractivity contribution in [2.24, 2.45) is 0 Å². The normalized spacial score (nSPS) is 11.1. The number of amides is 1. The molecular formula is C10H13F3N4O. The Kier molecular flexibility index (Phi) is 4.35. The second-order valence-electron chi connectivity index (χ2n) is 3.57. The van der Waals surface area contributed by atoms with Crippen LogP contribution in [0, 0.1) is 0 Å². The lowest BCUT2D eigenvalue weighted by Crippen LogP contribution is -2.26. The van der Waals surface area contributed by atoms with Gasteiger partial charge in [-0.25, -0.2) is 4.98 Å². The van der Waals surface area contributed by atoms with Gasteiger partial charge in [-0.3, -0.25) is 4.79 Å². The Balaban J connectivity index is 2.66. The van der Waals surface area contributed by atoms with Crippen LogP contribution in [0.15, 0.2) is 12.1 Å². The fraction of sp³-hybridized carbons (Fsp3) is 0.400. The summed E-state index contributed by atoms with van der Waals surface area (Å²) in [6.45, 7) is 1.89. The first-order valence-corrected chi connectivity index (χ1v) is 5.12. The minimum Gasteiger partial charge on any atom is -0.384 e. The van der Waals surface area contributed by atoms with Crippen LogP contribution >= 0.6 is 0 Å². The van der Waals surface area contributed by atoms with E-state index >= 15 is 0 Å². The third kappa shape index (κ3) is 4.48. The summed E-state index contributed by atoms with van der Waals surface area (Å²) >= 11 is 0. The molecule has 8 heteroatoms. The maximum absolute atomic E-state index is 12.5. The number of nitrogens with two attached hydrogens (primary N) is 1. The van der Waals surface area contributed by atoms with Gasteiger partial charge in [0.15, 0.2) is 0 Å². The Morgan fingerprint density at radius 3 is 2.61 bits per heavy atom. The number of nitrogens with one attached hydrogen (secondary N) is 2. The van der Waals surface area contributed by atoms with Gasteiger partial charge in [-0.15, -0.1) is 0 Å². The molecule has 0 atom stereocenters. The number of hydrogen-bond donors (Lipinski definition) is 3. The van der Waals surface area contributed by atoms with E-state index in [-0.39, 0.29) is 30.6 Å². The topological polar surface area (TPSA) is 80.0 Å². The lowest BCUT2D eigenvalue weighted by Gasteiger charge is -2.11. The van der Waals surface area contributed by atoms with Crippen LogP contribution in [0.5, 0.6) is 0 Å². The Morgan fingerprint density at radius 1 is 1.39 bits per heavy atom. The fourth-order valence-corrected chi connectivity index (χ4v) is 1.24. The smallest absolute Gasteiger partial charge is 0.384 e. The predicted octanol–water partition coefficient (Wildman–Crippen LogP) is 1.23. The summed E-state index contributed by atoms with van der Waals surface area (Å²) in [7, 11) is 0. The maximum Gasteiger partial charge on any atom is 0.416 e. The maximum atomic E-state index is 12.5. The number of nitrogen functional groups attached to an aromatic ring is 1. The zero-order valence-corrected chi connectivity index (χ0v) is 9.64. The zero-order valence-electron chi connectivity index (χ0n) is 9.64. The number of aromatic nitrogens is 1. The van der Waals surface area contributed by atoms with Gasteiger partial charge in [-0.05, 0) is 12.1 Å². The highest BCUT2D eigenvalue weighted by Gasteiger charge is 2.31. The molecule has 5 nitrogen and oxygen atoms in total. The summed E-state index contributed by atoms with van der Waals surface area (Å²) < 4.78 is 37.4. The van der Waals surface area contributed by atoms with E-state index in [4.69, 9.17) is 5.73 Å². The van der Waals surface area contributed by atoms with Crippen LogP contribution in [-0.4, -0.2) is 24.0 Å². The van der Waals surface area contributed by atoms with Crippen LogP contribution in [0.2, 0.25) is 0 Å². The van der Waals surface area contributed by atoms with Crippen molar-refractivity contribution in [2.45, 2.75) is 13.1 Å². The minimum absolute atomic E-state index is 0.0210. The molecule has 0 radical (unpaired) electrons. The van der Waals surface area contributed by atoms with E-state index < -0.39 is 11.7 Å². The number of hydrogen-bond acceptors (Lipinski definition) is 4. The highest BCUT2D eigenvalue weighted by Crippen LogP contribution is 2.31. The van der Waals surface area contributed by atoms with Crippen LogP contribution in [0.25, 0.3) is 0 Å². The number of nitrogens with zero attached hydrogens (tertiary/aromatic N) is 1. The van der Waals surface area contributed by atoms with Crippen LogP contribution < -0.4 is 16.4 Å². The van der Waals surface area contributed by atoms with Crippen molar-refractivity contribution >= 4 is 17.5 Å². The first-order chi connectivity index (χ1) is 8.29. The van der Waals surface area contributed by atoms with Crippen LogP contribution in [0.1, 0.15) is 12.5 Å². The van der Waals surface area contributed by atoms with E-state index in [1.54, 1.807) is 0 Å². The number of anilines is 2. The van der Waals surface area contributed by atoms with Crippen molar-refractivity contribution < 1.29 is 18.0 Å². The molecule has 0 aliphatic heterocycles. The minimum atomic E-state index is -4.47. The standard InChI is InChI=1S/C10H13F3N4O/c1-6(18)15-2-3-16-9-5-7(10(11,12)13)4-8(14)17-9/h4-5H,2-3H2,1H3,(H,15,18)(H3,14,16,17). The molecule has 0 aliphatic carbocycles. The van der Waals surface area contributed by atoms with Crippen LogP contribution in [-0.2, 0) is 11.0 Å². The molecular weight excluding hydrogens is 249 g/mol. The molecule has 1 aromatic heterocycles. The summed E-state index contributed by atoms with van der Waals surface area (Å²) in [4.78, 5) is 14.3. The third-order valence-corrected chi connectivity index (χ3v) is 1.98.